The number of nitrogens with two attached hydrogens (primary N) is 1. The molecular weight excluding hydrogens is 201 g/mol. The van der Waals surface area contributed by atoms with E-state index in [1.165, 1.54) is 29.5 Å². The van der Waals surface area contributed by atoms with Crippen molar-refractivity contribution in [1.29, 1.82) is 0 Å². The third-order valence-electron chi connectivity index (χ3n) is 2.77. The van der Waals surface area contributed by atoms with Crippen molar-refractivity contribution in [3.8, 4) is 0 Å². The molecule has 2 atom stereocenters. The van der Waals surface area contributed by atoms with Gasteiger partial charge >= 0.3 is 0 Å². The van der Waals surface area contributed by atoms with Gasteiger partial charge in [0, 0.05) is 0 Å². The highest BCUT2D eigenvalue weighted by Gasteiger charge is 2.14. The van der Waals surface area contributed by atoms with E-state index in [4.69, 9.17) is 5.73 Å². The summed E-state index contributed by atoms with van der Waals surface area (Å²) in [4.78, 5) is 0. The summed E-state index contributed by atoms with van der Waals surface area (Å²) in [6, 6.07) is 6.55. The zero-order valence-electron chi connectivity index (χ0n) is 10.0. The molecule has 0 amide bonds. The maximum Gasteiger partial charge on any atom is 0.0522 e. The normalized spacial score (nSPS) is 15.0. The van der Waals surface area contributed by atoms with Gasteiger partial charge in [0.25, 0.3) is 0 Å². The Balaban J connectivity index is 2.95. The highest BCUT2D eigenvalue weighted by Crippen LogP contribution is 2.27. The van der Waals surface area contributed by atoms with Crippen LogP contribution in [0.3, 0.4) is 0 Å². The molecule has 1 aromatic rings. The smallest absolute Gasteiger partial charge is 0.0522 e. The van der Waals surface area contributed by atoms with Crippen LogP contribution < -0.4 is 5.73 Å². The predicted octanol–water partition coefficient (Wildman–Crippen LogP) is 3.34. The molecule has 0 spiro atoms. The van der Waals surface area contributed by atoms with Crippen molar-refractivity contribution in [3.05, 3.63) is 34.9 Å². The lowest BCUT2D eigenvalue weighted by atomic mass is 9.97. The third kappa shape index (κ3) is 3.59. The molecule has 0 fully saturated rings. The molecule has 84 valence electrons. The van der Waals surface area contributed by atoms with E-state index in [1.54, 1.807) is 0 Å². The SMILES string of the molecule is CCCCc1cc(C(C)(N)P)ccc1C. The Bertz CT molecular complexity index is 326. The minimum Gasteiger partial charge on any atom is -0.319 e. The fourth-order valence-corrected chi connectivity index (χ4v) is 1.82. The van der Waals surface area contributed by atoms with Gasteiger partial charge in [-0.3, -0.25) is 0 Å². The van der Waals surface area contributed by atoms with E-state index in [1.807, 2.05) is 6.92 Å². The predicted molar refractivity (Wildman–Crippen MR) is 71.0 cm³/mol. The molecular formula is C13H22NP. The summed E-state index contributed by atoms with van der Waals surface area (Å²) in [7, 11) is 2.69. The second-order valence-electron chi connectivity index (χ2n) is 4.53. The first kappa shape index (κ1) is 12.7. The highest BCUT2D eigenvalue weighted by atomic mass is 31.0. The third-order valence-corrected chi connectivity index (χ3v) is 3.10. The van der Waals surface area contributed by atoms with Crippen molar-refractivity contribution in [2.24, 2.45) is 5.73 Å². The number of aryl methyl sites for hydroxylation is 2. The van der Waals surface area contributed by atoms with Gasteiger partial charge in [0.05, 0.1) is 5.28 Å². The highest BCUT2D eigenvalue weighted by molar-refractivity contribution is 7.18. The zero-order valence-corrected chi connectivity index (χ0v) is 11.2. The number of rotatable bonds is 4. The molecule has 0 bridgehead atoms. The molecule has 0 aliphatic heterocycles. The van der Waals surface area contributed by atoms with Crippen molar-refractivity contribution in [2.45, 2.75) is 45.3 Å². The van der Waals surface area contributed by atoms with E-state index >= 15 is 0 Å². The van der Waals surface area contributed by atoms with Crippen LogP contribution in [0.25, 0.3) is 0 Å². The molecule has 0 saturated heterocycles. The Morgan fingerprint density at radius 2 is 2.07 bits per heavy atom. The summed E-state index contributed by atoms with van der Waals surface area (Å²) in [6.07, 6.45) is 3.66. The van der Waals surface area contributed by atoms with Crippen molar-refractivity contribution in [2.75, 3.05) is 0 Å². The second kappa shape index (κ2) is 5.09. The number of benzene rings is 1. The Morgan fingerprint density at radius 1 is 1.40 bits per heavy atom. The van der Waals surface area contributed by atoms with Crippen LogP contribution in [-0.4, -0.2) is 0 Å². The summed E-state index contributed by atoms with van der Waals surface area (Å²) >= 11 is 0. The van der Waals surface area contributed by atoms with Crippen LogP contribution in [0.1, 0.15) is 43.4 Å². The van der Waals surface area contributed by atoms with Gasteiger partial charge in [0.15, 0.2) is 0 Å². The first-order valence-electron chi connectivity index (χ1n) is 5.63. The number of unbranched alkanes of at least 4 members (excludes halogenated alkanes) is 1. The summed E-state index contributed by atoms with van der Waals surface area (Å²) in [6.45, 7) is 6.42. The number of hydrogen-bond donors (Lipinski definition) is 1. The van der Waals surface area contributed by atoms with E-state index in [9.17, 15) is 0 Å². The largest absolute Gasteiger partial charge is 0.319 e. The molecule has 1 rings (SSSR count). The Hall–Kier alpha value is -0.390. The summed E-state index contributed by atoms with van der Waals surface area (Å²) < 4.78 is 0. The monoisotopic (exact) mass is 223 g/mol. The maximum absolute atomic E-state index is 6.07. The van der Waals surface area contributed by atoms with E-state index < -0.39 is 0 Å². The Morgan fingerprint density at radius 3 is 2.60 bits per heavy atom. The van der Waals surface area contributed by atoms with Gasteiger partial charge in [-0.15, -0.1) is 9.24 Å². The fourth-order valence-electron chi connectivity index (χ4n) is 1.64. The first-order chi connectivity index (χ1) is 6.95. The molecule has 1 nitrogen and oxygen atoms in total. The molecule has 0 radical (unpaired) electrons. The average Bonchev–Trinajstić information content (AvgIpc) is 2.15. The van der Waals surface area contributed by atoms with Crippen LogP contribution in [0.4, 0.5) is 0 Å². The standard InChI is InChI=1S/C13H22NP/c1-4-5-6-11-9-12(13(3,14)15)8-7-10(11)2/h7-9H,4-6,14-15H2,1-3H3. The van der Waals surface area contributed by atoms with E-state index in [2.05, 4.69) is 41.3 Å². The molecule has 0 aliphatic rings. The topological polar surface area (TPSA) is 26.0 Å². The average molecular weight is 223 g/mol. The fraction of sp³-hybridized carbons (Fsp3) is 0.538. The summed E-state index contributed by atoms with van der Waals surface area (Å²) in [5, 5.41) is -0.311. The van der Waals surface area contributed by atoms with E-state index in [0.717, 1.165) is 6.42 Å². The van der Waals surface area contributed by atoms with Crippen LogP contribution in [-0.2, 0) is 11.7 Å². The molecule has 2 N–H and O–H groups in total. The molecule has 0 aliphatic carbocycles. The van der Waals surface area contributed by atoms with Gasteiger partial charge in [-0.1, -0.05) is 31.5 Å². The van der Waals surface area contributed by atoms with Crippen LogP contribution in [0, 0.1) is 6.92 Å². The number of hydrogen-bond acceptors (Lipinski definition) is 1. The van der Waals surface area contributed by atoms with Gasteiger partial charge in [-0.2, -0.15) is 0 Å². The van der Waals surface area contributed by atoms with Crippen molar-refractivity contribution < 1.29 is 0 Å². The lowest BCUT2D eigenvalue weighted by molar-refractivity contribution is 0.730. The lowest BCUT2D eigenvalue weighted by Crippen LogP contribution is -2.24. The van der Waals surface area contributed by atoms with Crippen LogP contribution in [0.2, 0.25) is 0 Å². The molecule has 15 heavy (non-hydrogen) atoms. The van der Waals surface area contributed by atoms with Gasteiger partial charge < -0.3 is 5.73 Å². The first-order valence-corrected chi connectivity index (χ1v) is 6.20. The minimum atomic E-state index is -0.311. The molecule has 2 heteroatoms. The van der Waals surface area contributed by atoms with Crippen molar-refractivity contribution in [1.82, 2.24) is 0 Å². The second-order valence-corrected chi connectivity index (χ2v) is 5.73. The minimum absolute atomic E-state index is 0.311. The van der Waals surface area contributed by atoms with Gasteiger partial charge in [0.1, 0.15) is 0 Å². The van der Waals surface area contributed by atoms with E-state index in [0.29, 0.717) is 0 Å². The molecule has 0 aromatic heterocycles. The maximum atomic E-state index is 6.07. The zero-order chi connectivity index (χ0) is 11.5. The summed E-state index contributed by atoms with van der Waals surface area (Å²) in [5.41, 5.74) is 10.1. The van der Waals surface area contributed by atoms with Crippen molar-refractivity contribution in [3.63, 3.8) is 0 Å². The molecule has 2 unspecified atom stereocenters. The van der Waals surface area contributed by atoms with Gasteiger partial charge in [-0.25, -0.2) is 0 Å². The van der Waals surface area contributed by atoms with Gasteiger partial charge in [-0.05, 0) is 43.4 Å². The molecule has 0 saturated carbocycles. The Kier molecular flexibility index (Phi) is 4.31. The van der Waals surface area contributed by atoms with Crippen LogP contribution in [0.5, 0.6) is 0 Å². The van der Waals surface area contributed by atoms with Crippen LogP contribution >= 0.6 is 9.24 Å². The lowest BCUT2D eigenvalue weighted by Gasteiger charge is -2.20. The van der Waals surface area contributed by atoms with Gasteiger partial charge in [0.2, 0.25) is 0 Å². The van der Waals surface area contributed by atoms with Crippen molar-refractivity contribution >= 4 is 9.24 Å². The molecule has 1 aromatic carbocycles. The summed E-state index contributed by atoms with van der Waals surface area (Å²) in [5.74, 6) is 0. The van der Waals surface area contributed by atoms with E-state index in [-0.39, 0.29) is 5.28 Å². The Labute approximate surface area is 95.7 Å². The quantitative estimate of drug-likeness (QED) is 0.778. The van der Waals surface area contributed by atoms with Crippen LogP contribution in [0.15, 0.2) is 18.2 Å². The molecule has 0 heterocycles.